The molecule has 1 aliphatic heterocycles. The van der Waals surface area contributed by atoms with E-state index in [1.54, 1.807) is 7.11 Å². The molecule has 0 saturated carbocycles. The van der Waals surface area contributed by atoms with Gasteiger partial charge < -0.3 is 14.8 Å². The highest BCUT2D eigenvalue weighted by atomic mass is 16.5. The average molecular weight is 291 g/mol. The van der Waals surface area contributed by atoms with Crippen molar-refractivity contribution >= 4 is 0 Å². The van der Waals surface area contributed by atoms with Crippen molar-refractivity contribution in [1.82, 2.24) is 5.32 Å². The van der Waals surface area contributed by atoms with Crippen LogP contribution in [0, 0.1) is 6.92 Å². The minimum absolute atomic E-state index is 0.187. The molecule has 21 heavy (non-hydrogen) atoms. The minimum atomic E-state index is -0.214. The summed E-state index contributed by atoms with van der Waals surface area (Å²) in [5, 5.41) is 3.61. The van der Waals surface area contributed by atoms with Gasteiger partial charge in [-0.3, -0.25) is 0 Å². The number of ether oxygens (including phenoxy) is 2. The van der Waals surface area contributed by atoms with Crippen LogP contribution < -0.4 is 10.1 Å². The van der Waals surface area contributed by atoms with Gasteiger partial charge >= 0.3 is 0 Å². The summed E-state index contributed by atoms with van der Waals surface area (Å²) in [5.74, 6) is 1.01. The van der Waals surface area contributed by atoms with Crippen LogP contribution in [0.15, 0.2) is 18.2 Å². The van der Waals surface area contributed by atoms with Crippen molar-refractivity contribution in [1.29, 1.82) is 0 Å². The fourth-order valence-electron chi connectivity index (χ4n) is 3.39. The van der Waals surface area contributed by atoms with Crippen LogP contribution in [0.5, 0.6) is 5.75 Å². The summed E-state index contributed by atoms with van der Waals surface area (Å²) in [5.41, 5.74) is 2.16. The van der Waals surface area contributed by atoms with Gasteiger partial charge in [0.05, 0.1) is 5.60 Å². The van der Waals surface area contributed by atoms with E-state index in [9.17, 15) is 0 Å². The van der Waals surface area contributed by atoms with Gasteiger partial charge in [0.15, 0.2) is 0 Å². The van der Waals surface area contributed by atoms with Gasteiger partial charge in [0.25, 0.3) is 0 Å². The smallest absolute Gasteiger partial charge is 0.124 e. The molecule has 0 bridgehead atoms. The first-order chi connectivity index (χ1) is 9.78. The SMILES string of the molecule is CCNC1CC(C)(CC(C)(C)OC)Oc2ccc(C)cc21. The molecule has 1 heterocycles. The van der Waals surface area contributed by atoms with Gasteiger partial charge in [0, 0.05) is 31.6 Å². The van der Waals surface area contributed by atoms with Gasteiger partial charge in [-0.25, -0.2) is 0 Å². The van der Waals surface area contributed by atoms with Crippen molar-refractivity contribution < 1.29 is 9.47 Å². The van der Waals surface area contributed by atoms with Gasteiger partial charge in [-0.15, -0.1) is 0 Å². The van der Waals surface area contributed by atoms with Gasteiger partial charge in [-0.1, -0.05) is 24.6 Å². The Labute approximate surface area is 129 Å². The van der Waals surface area contributed by atoms with E-state index in [1.807, 2.05) is 0 Å². The molecule has 3 heteroatoms. The summed E-state index contributed by atoms with van der Waals surface area (Å²) in [7, 11) is 1.77. The predicted octanol–water partition coefficient (Wildman–Crippen LogP) is 4.00. The molecule has 1 N–H and O–H groups in total. The highest BCUT2D eigenvalue weighted by molar-refractivity contribution is 5.41. The molecule has 0 fully saturated rings. The Hall–Kier alpha value is -1.06. The van der Waals surface area contributed by atoms with E-state index in [1.165, 1.54) is 11.1 Å². The summed E-state index contributed by atoms with van der Waals surface area (Å²) in [6, 6.07) is 6.81. The van der Waals surface area contributed by atoms with Crippen LogP contribution in [0.3, 0.4) is 0 Å². The quantitative estimate of drug-likeness (QED) is 0.889. The fraction of sp³-hybridized carbons (Fsp3) is 0.667. The fourth-order valence-corrected chi connectivity index (χ4v) is 3.39. The van der Waals surface area contributed by atoms with E-state index in [-0.39, 0.29) is 11.2 Å². The molecule has 0 radical (unpaired) electrons. The van der Waals surface area contributed by atoms with E-state index < -0.39 is 0 Å². The van der Waals surface area contributed by atoms with Crippen LogP contribution in [0.1, 0.15) is 57.7 Å². The van der Waals surface area contributed by atoms with Gasteiger partial charge in [-0.2, -0.15) is 0 Å². The molecule has 3 nitrogen and oxygen atoms in total. The summed E-state index contributed by atoms with van der Waals surface area (Å²) < 4.78 is 12.0. The summed E-state index contributed by atoms with van der Waals surface area (Å²) in [4.78, 5) is 0. The first-order valence-electron chi connectivity index (χ1n) is 7.87. The number of fused-ring (bicyclic) bond motifs is 1. The van der Waals surface area contributed by atoms with Gasteiger partial charge in [0.1, 0.15) is 11.4 Å². The van der Waals surface area contributed by atoms with Crippen LogP contribution >= 0.6 is 0 Å². The highest BCUT2D eigenvalue weighted by Crippen LogP contribution is 2.43. The Balaban J connectivity index is 2.31. The molecule has 1 aromatic rings. The van der Waals surface area contributed by atoms with E-state index in [2.05, 4.69) is 58.1 Å². The number of aryl methyl sites for hydroxylation is 1. The molecule has 0 spiro atoms. The summed E-state index contributed by atoms with van der Waals surface area (Å²) in [6.45, 7) is 11.7. The van der Waals surface area contributed by atoms with E-state index in [0.717, 1.165) is 25.1 Å². The molecule has 1 aromatic carbocycles. The largest absolute Gasteiger partial charge is 0.487 e. The van der Waals surface area contributed by atoms with Crippen molar-refractivity contribution in [3.63, 3.8) is 0 Å². The maximum Gasteiger partial charge on any atom is 0.124 e. The van der Waals surface area contributed by atoms with Crippen molar-refractivity contribution in [3.05, 3.63) is 29.3 Å². The van der Waals surface area contributed by atoms with Crippen molar-refractivity contribution in [3.8, 4) is 5.75 Å². The third-order valence-corrected chi connectivity index (χ3v) is 4.34. The van der Waals surface area contributed by atoms with Crippen molar-refractivity contribution in [2.24, 2.45) is 0 Å². The molecule has 2 rings (SSSR count). The normalized spacial score (nSPS) is 25.3. The standard InChI is InChI=1S/C18H29NO2/c1-7-19-15-11-18(5,12-17(3,4)20-6)21-16-9-8-13(2)10-14(15)16/h8-10,15,19H,7,11-12H2,1-6H3. The van der Waals surface area contributed by atoms with Crippen LogP contribution in [0.4, 0.5) is 0 Å². The zero-order chi connectivity index (χ0) is 15.7. The summed E-state index contributed by atoms with van der Waals surface area (Å²) >= 11 is 0. The van der Waals surface area contributed by atoms with Crippen molar-refractivity contribution in [2.75, 3.05) is 13.7 Å². The monoisotopic (exact) mass is 291 g/mol. The molecule has 2 atom stereocenters. The maximum atomic E-state index is 6.37. The number of methoxy groups -OCH3 is 1. The molecular weight excluding hydrogens is 262 g/mol. The van der Waals surface area contributed by atoms with Crippen molar-refractivity contribution in [2.45, 2.75) is 64.7 Å². The highest BCUT2D eigenvalue weighted by Gasteiger charge is 2.41. The Bertz CT molecular complexity index is 498. The number of hydrogen-bond donors (Lipinski definition) is 1. The predicted molar refractivity (Wildman–Crippen MR) is 87.0 cm³/mol. The second-order valence-electron chi connectivity index (χ2n) is 7.05. The lowest BCUT2D eigenvalue weighted by molar-refractivity contribution is -0.0597. The third-order valence-electron chi connectivity index (χ3n) is 4.34. The van der Waals surface area contributed by atoms with Crippen LogP contribution in [-0.4, -0.2) is 24.9 Å². The topological polar surface area (TPSA) is 30.5 Å². The van der Waals surface area contributed by atoms with Gasteiger partial charge in [-0.05, 0) is 40.3 Å². The Morgan fingerprint density at radius 3 is 2.76 bits per heavy atom. The first-order valence-corrected chi connectivity index (χ1v) is 7.87. The second-order valence-corrected chi connectivity index (χ2v) is 7.05. The number of nitrogens with one attached hydrogen (secondary N) is 1. The zero-order valence-electron chi connectivity index (χ0n) is 14.2. The number of benzene rings is 1. The lowest BCUT2D eigenvalue weighted by atomic mass is 9.81. The van der Waals surface area contributed by atoms with Gasteiger partial charge in [0.2, 0.25) is 0 Å². The minimum Gasteiger partial charge on any atom is -0.487 e. The zero-order valence-corrected chi connectivity index (χ0v) is 14.2. The maximum absolute atomic E-state index is 6.37. The lowest BCUT2D eigenvalue weighted by Crippen LogP contribution is -2.46. The molecule has 118 valence electrons. The van der Waals surface area contributed by atoms with E-state index in [0.29, 0.717) is 6.04 Å². The molecule has 1 aliphatic rings. The van der Waals surface area contributed by atoms with Crippen LogP contribution in [-0.2, 0) is 4.74 Å². The van der Waals surface area contributed by atoms with Crippen LogP contribution in [0.25, 0.3) is 0 Å². The third kappa shape index (κ3) is 3.78. The average Bonchev–Trinajstić information content (AvgIpc) is 2.39. The molecule has 0 saturated heterocycles. The molecule has 0 aromatic heterocycles. The molecule has 2 unspecified atom stereocenters. The Kier molecular flexibility index (Phi) is 4.64. The number of rotatable bonds is 5. The van der Waals surface area contributed by atoms with E-state index in [4.69, 9.17) is 9.47 Å². The first kappa shape index (κ1) is 16.3. The Morgan fingerprint density at radius 1 is 1.43 bits per heavy atom. The molecule has 0 aliphatic carbocycles. The molecular formula is C18H29NO2. The Morgan fingerprint density at radius 2 is 2.14 bits per heavy atom. The van der Waals surface area contributed by atoms with Crippen LogP contribution in [0.2, 0.25) is 0 Å². The second kappa shape index (κ2) is 5.98. The number of hydrogen-bond acceptors (Lipinski definition) is 3. The van der Waals surface area contributed by atoms with E-state index >= 15 is 0 Å². The lowest BCUT2D eigenvalue weighted by Gasteiger charge is -2.43. The summed E-state index contributed by atoms with van der Waals surface area (Å²) in [6.07, 6.45) is 1.83. The molecule has 0 amide bonds.